The molecule has 2 nitrogen and oxygen atoms in total. The molecule has 1 saturated carbocycles. The fraction of sp³-hybridized carbons (Fsp3) is 0.833. The van der Waals surface area contributed by atoms with Gasteiger partial charge in [0.1, 0.15) is 0 Å². The molecule has 14 heavy (non-hydrogen) atoms. The van der Waals surface area contributed by atoms with E-state index in [2.05, 4.69) is 6.92 Å². The summed E-state index contributed by atoms with van der Waals surface area (Å²) < 4.78 is 10.9. The van der Waals surface area contributed by atoms with Crippen molar-refractivity contribution in [3.8, 4) is 0 Å². The minimum absolute atomic E-state index is 0.329. The molecule has 0 unspecified atom stereocenters. The molecule has 2 rings (SSSR count). The molecular formula is C12H20O2. The minimum atomic E-state index is 0.329. The number of allylic oxidation sites excluding steroid dienone is 1. The van der Waals surface area contributed by atoms with Crippen molar-refractivity contribution in [1.82, 2.24) is 0 Å². The molecule has 2 heteroatoms. The zero-order valence-electron chi connectivity index (χ0n) is 9.05. The normalized spacial score (nSPS) is 24.5. The lowest BCUT2D eigenvalue weighted by Gasteiger charge is -2.39. The highest BCUT2D eigenvalue weighted by Gasteiger charge is 2.37. The first-order chi connectivity index (χ1) is 6.85. The Morgan fingerprint density at radius 3 is 2.57 bits per heavy atom. The Kier molecular flexibility index (Phi) is 3.12. The molecule has 1 heterocycles. The monoisotopic (exact) mass is 196 g/mol. The summed E-state index contributed by atoms with van der Waals surface area (Å²) in [5.74, 6) is 0. The smallest absolute Gasteiger partial charge is 0.0973 e. The minimum Gasteiger partial charge on any atom is -0.500 e. The molecule has 2 fully saturated rings. The van der Waals surface area contributed by atoms with Gasteiger partial charge in [-0.2, -0.15) is 0 Å². The Morgan fingerprint density at radius 2 is 2.07 bits per heavy atom. The van der Waals surface area contributed by atoms with Gasteiger partial charge in [0, 0.05) is 0 Å². The summed E-state index contributed by atoms with van der Waals surface area (Å²) in [6, 6.07) is 0. The molecule has 0 amide bonds. The van der Waals surface area contributed by atoms with Crippen molar-refractivity contribution in [1.29, 1.82) is 0 Å². The molecule has 0 radical (unpaired) electrons. The predicted octanol–water partition coefficient (Wildman–Crippen LogP) is 2.89. The van der Waals surface area contributed by atoms with Crippen LogP contribution in [0.1, 0.15) is 39.0 Å². The molecule has 1 aliphatic heterocycles. The van der Waals surface area contributed by atoms with Gasteiger partial charge in [0.15, 0.2) is 0 Å². The lowest BCUT2D eigenvalue weighted by Crippen LogP contribution is -2.45. The largest absolute Gasteiger partial charge is 0.500 e. The molecule has 0 N–H and O–H groups in total. The topological polar surface area (TPSA) is 18.5 Å². The van der Waals surface area contributed by atoms with Crippen molar-refractivity contribution in [3.63, 3.8) is 0 Å². The lowest BCUT2D eigenvalue weighted by molar-refractivity contribution is -0.139. The van der Waals surface area contributed by atoms with Gasteiger partial charge in [0.05, 0.1) is 31.5 Å². The summed E-state index contributed by atoms with van der Waals surface area (Å²) in [5.41, 5.74) is 1.83. The van der Waals surface area contributed by atoms with E-state index in [1.54, 1.807) is 0 Å². The summed E-state index contributed by atoms with van der Waals surface area (Å²) >= 11 is 0. The number of ether oxygens (including phenoxy) is 2. The maximum Gasteiger partial charge on any atom is 0.0973 e. The summed E-state index contributed by atoms with van der Waals surface area (Å²) in [5, 5.41) is 0. The second kappa shape index (κ2) is 4.35. The van der Waals surface area contributed by atoms with Gasteiger partial charge >= 0.3 is 0 Å². The van der Waals surface area contributed by atoms with Crippen LogP contribution in [0.15, 0.2) is 11.8 Å². The Bertz CT molecular complexity index is 203. The molecule has 0 aromatic carbocycles. The summed E-state index contributed by atoms with van der Waals surface area (Å²) in [4.78, 5) is 0. The molecule has 0 spiro atoms. The molecule has 0 atom stereocenters. The van der Waals surface area contributed by atoms with Crippen molar-refractivity contribution in [2.45, 2.75) is 39.0 Å². The molecule has 80 valence electrons. The lowest BCUT2D eigenvalue weighted by atomic mass is 9.84. The quantitative estimate of drug-likeness (QED) is 0.644. The molecule has 1 aliphatic carbocycles. The molecule has 0 aromatic heterocycles. The zero-order valence-corrected chi connectivity index (χ0v) is 9.05. The van der Waals surface area contributed by atoms with Crippen LogP contribution in [0.2, 0.25) is 0 Å². The van der Waals surface area contributed by atoms with Crippen LogP contribution < -0.4 is 0 Å². The van der Waals surface area contributed by atoms with Crippen LogP contribution in [0.25, 0.3) is 0 Å². The Hall–Kier alpha value is -0.500. The van der Waals surface area contributed by atoms with Crippen molar-refractivity contribution >= 4 is 0 Å². The summed E-state index contributed by atoms with van der Waals surface area (Å²) in [6.07, 6.45) is 8.35. The summed E-state index contributed by atoms with van der Waals surface area (Å²) in [6.45, 7) is 4.82. The Labute approximate surface area is 86.3 Å². The van der Waals surface area contributed by atoms with Crippen molar-refractivity contribution in [2.75, 3.05) is 19.8 Å². The molecule has 0 bridgehead atoms. The number of hydrogen-bond acceptors (Lipinski definition) is 2. The first-order valence-corrected chi connectivity index (χ1v) is 5.72. The van der Waals surface area contributed by atoms with Crippen molar-refractivity contribution in [3.05, 3.63) is 11.8 Å². The third kappa shape index (κ3) is 2.11. The third-order valence-corrected chi connectivity index (χ3v) is 3.45. The molecule has 0 aromatic rings. The van der Waals surface area contributed by atoms with E-state index >= 15 is 0 Å². The first kappa shape index (κ1) is 10.0. The third-order valence-electron chi connectivity index (χ3n) is 3.45. The van der Waals surface area contributed by atoms with E-state index in [0.29, 0.717) is 5.41 Å². The SMILES string of the molecule is CCC1(COC=C2CCCC2)COC1. The highest BCUT2D eigenvalue weighted by atomic mass is 16.5. The second-order valence-electron chi connectivity index (χ2n) is 4.64. The predicted molar refractivity (Wildman–Crippen MR) is 56.0 cm³/mol. The highest BCUT2D eigenvalue weighted by Crippen LogP contribution is 2.32. The van der Waals surface area contributed by atoms with E-state index in [-0.39, 0.29) is 0 Å². The van der Waals surface area contributed by atoms with Crippen molar-refractivity contribution in [2.24, 2.45) is 5.41 Å². The van der Waals surface area contributed by atoms with Gasteiger partial charge in [-0.15, -0.1) is 0 Å². The average molecular weight is 196 g/mol. The van der Waals surface area contributed by atoms with E-state index in [1.165, 1.54) is 31.3 Å². The van der Waals surface area contributed by atoms with E-state index in [9.17, 15) is 0 Å². The standard InChI is InChI=1S/C12H20O2/c1-2-12(9-14-10-12)8-13-7-11-5-3-4-6-11/h7H,2-6,8-10H2,1H3. The van der Waals surface area contributed by atoms with E-state index < -0.39 is 0 Å². The van der Waals surface area contributed by atoms with Crippen LogP contribution in [0.5, 0.6) is 0 Å². The Balaban J connectivity index is 1.73. The van der Waals surface area contributed by atoms with Crippen LogP contribution in [-0.2, 0) is 9.47 Å². The van der Waals surface area contributed by atoms with Gasteiger partial charge in [-0.05, 0) is 37.7 Å². The Morgan fingerprint density at radius 1 is 1.36 bits per heavy atom. The van der Waals surface area contributed by atoms with Crippen LogP contribution in [-0.4, -0.2) is 19.8 Å². The first-order valence-electron chi connectivity index (χ1n) is 5.72. The van der Waals surface area contributed by atoms with Gasteiger partial charge in [0.25, 0.3) is 0 Å². The number of rotatable bonds is 4. The van der Waals surface area contributed by atoms with Gasteiger partial charge in [-0.1, -0.05) is 6.92 Å². The number of hydrogen-bond donors (Lipinski definition) is 0. The van der Waals surface area contributed by atoms with Crippen LogP contribution in [0.4, 0.5) is 0 Å². The van der Waals surface area contributed by atoms with Gasteiger partial charge in [0.2, 0.25) is 0 Å². The van der Waals surface area contributed by atoms with Crippen molar-refractivity contribution < 1.29 is 9.47 Å². The highest BCUT2D eigenvalue weighted by molar-refractivity contribution is 5.02. The van der Waals surface area contributed by atoms with Gasteiger partial charge in [-0.3, -0.25) is 0 Å². The van der Waals surface area contributed by atoms with Crippen LogP contribution >= 0.6 is 0 Å². The van der Waals surface area contributed by atoms with Crippen LogP contribution in [0, 0.1) is 5.41 Å². The maximum atomic E-state index is 5.67. The summed E-state index contributed by atoms with van der Waals surface area (Å²) in [7, 11) is 0. The molecule has 2 aliphatic rings. The zero-order chi connectivity index (χ0) is 9.86. The van der Waals surface area contributed by atoms with E-state index in [0.717, 1.165) is 26.2 Å². The average Bonchev–Trinajstić information content (AvgIpc) is 2.62. The van der Waals surface area contributed by atoms with Gasteiger partial charge < -0.3 is 9.47 Å². The van der Waals surface area contributed by atoms with E-state index in [4.69, 9.17) is 9.47 Å². The fourth-order valence-corrected chi connectivity index (χ4v) is 2.06. The second-order valence-corrected chi connectivity index (χ2v) is 4.64. The van der Waals surface area contributed by atoms with E-state index in [1.807, 2.05) is 6.26 Å². The fourth-order valence-electron chi connectivity index (χ4n) is 2.06. The van der Waals surface area contributed by atoms with Gasteiger partial charge in [-0.25, -0.2) is 0 Å². The maximum absolute atomic E-state index is 5.67. The molecule has 1 saturated heterocycles. The molecular weight excluding hydrogens is 176 g/mol. The van der Waals surface area contributed by atoms with Crippen LogP contribution in [0.3, 0.4) is 0 Å².